The summed E-state index contributed by atoms with van der Waals surface area (Å²) in [5.41, 5.74) is 0.830. The minimum absolute atomic E-state index is 0.451. The van der Waals surface area contributed by atoms with E-state index in [0.717, 1.165) is 29.3 Å². The van der Waals surface area contributed by atoms with E-state index >= 15 is 0 Å². The van der Waals surface area contributed by atoms with E-state index in [4.69, 9.17) is 0 Å². The van der Waals surface area contributed by atoms with Gasteiger partial charge in [-0.2, -0.15) is 0 Å². The van der Waals surface area contributed by atoms with Gasteiger partial charge >= 0.3 is 0 Å². The zero-order valence-corrected chi connectivity index (χ0v) is 11.1. The Bertz CT molecular complexity index is 702. The van der Waals surface area contributed by atoms with Crippen LogP contribution in [0.2, 0.25) is 0 Å². The highest BCUT2D eigenvalue weighted by molar-refractivity contribution is 7.93. The van der Waals surface area contributed by atoms with Gasteiger partial charge in [0, 0.05) is 11.9 Å². The van der Waals surface area contributed by atoms with Crippen LogP contribution in [0.1, 0.15) is 19.8 Å². The van der Waals surface area contributed by atoms with E-state index in [-0.39, 0.29) is 0 Å². The summed E-state index contributed by atoms with van der Waals surface area (Å²) in [6, 6.07) is 11.2. The molecule has 0 N–H and O–H groups in total. The van der Waals surface area contributed by atoms with Gasteiger partial charge in [0.15, 0.2) is 0 Å². The van der Waals surface area contributed by atoms with E-state index in [1.165, 1.54) is 0 Å². The van der Waals surface area contributed by atoms with E-state index in [0.29, 0.717) is 11.4 Å². The molecule has 3 nitrogen and oxygen atoms in total. The number of unbranched alkanes of at least 4 members (excludes halogenated alkanes) is 1. The summed E-state index contributed by atoms with van der Waals surface area (Å²) >= 11 is 0. The number of anilines is 1. The Hall–Kier alpha value is -1.55. The Morgan fingerprint density at radius 2 is 1.83 bits per heavy atom. The maximum atomic E-state index is 12.5. The topological polar surface area (TPSA) is 37.4 Å². The Kier molecular flexibility index (Phi) is 2.55. The number of hydrogen-bond acceptors (Lipinski definition) is 2. The van der Waals surface area contributed by atoms with Crippen LogP contribution in [0.25, 0.3) is 10.8 Å². The molecule has 1 heterocycles. The highest BCUT2D eigenvalue weighted by atomic mass is 32.2. The van der Waals surface area contributed by atoms with Crippen molar-refractivity contribution in [1.82, 2.24) is 0 Å². The lowest BCUT2D eigenvalue weighted by Crippen LogP contribution is -2.28. The predicted molar refractivity (Wildman–Crippen MR) is 73.4 cm³/mol. The number of benzene rings is 2. The third-order valence-corrected chi connectivity index (χ3v) is 5.25. The number of sulfonamides is 1. The summed E-state index contributed by atoms with van der Waals surface area (Å²) in [5, 5.41) is 1.86. The van der Waals surface area contributed by atoms with Crippen LogP contribution in [-0.4, -0.2) is 15.0 Å². The van der Waals surface area contributed by atoms with E-state index in [2.05, 4.69) is 6.92 Å². The van der Waals surface area contributed by atoms with E-state index in [9.17, 15) is 8.42 Å². The summed E-state index contributed by atoms with van der Waals surface area (Å²) in [6.07, 6.45) is 1.86. The molecule has 0 unspecified atom stereocenters. The van der Waals surface area contributed by atoms with Crippen LogP contribution >= 0.6 is 0 Å². The molecule has 0 saturated carbocycles. The molecule has 4 heteroatoms. The smallest absolute Gasteiger partial charge is 0.265 e. The molecule has 0 atom stereocenters. The lowest BCUT2D eigenvalue weighted by molar-refractivity contribution is 0.592. The minimum Gasteiger partial charge on any atom is -0.266 e. The molecule has 0 bridgehead atoms. The molecule has 3 rings (SSSR count). The third kappa shape index (κ3) is 1.45. The molecule has 1 aliphatic heterocycles. The zero-order chi connectivity index (χ0) is 12.8. The van der Waals surface area contributed by atoms with Gasteiger partial charge in [-0.15, -0.1) is 0 Å². The second kappa shape index (κ2) is 3.99. The fourth-order valence-corrected chi connectivity index (χ4v) is 4.25. The average Bonchev–Trinajstić information content (AvgIpc) is 2.59. The van der Waals surface area contributed by atoms with Gasteiger partial charge in [-0.3, -0.25) is 4.31 Å². The van der Waals surface area contributed by atoms with E-state index < -0.39 is 10.0 Å². The number of rotatable bonds is 3. The molecule has 0 saturated heterocycles. The van der Waals surface area contributed by atoms with Crippen molar-refractivity contribution in [2.45, 2.75) is 24.7 Å². The van der Waals surface area contributed by atoms with Gasteiger partial charge in [-0.1, -0.05) is 37.6 Å². The SMILES string of the molecule is CCCCN1c2cccc3cccc(c23)S1(=O)=O. The second-order valence-electron chi connectivity index (χ2n) is 4.56. The largest absolute Gasteiger partial charge is 0.266 e. The van der Waals surface area contributed by atoms with Crippen molar-refractivity contribution in [2.75, 3.05) is 10.8 Å². The van der Waals surface area contributed by atoms with Gasteiger partial charge in [0.1, 0.15) is 0 Å². The van der Waals surface area contributed by atoms with Crippen LogP contribution in [-0.2, 0) is 10.0 Å². The third-order valence-electron chi connectivity index (χ3n) is 3.40. The second-order valence-corrected chi connectivity index (χ2v) is 6.39. The number of nitrogens with zero attached hydrogens (tertiary/aromatic N) is 1. The standard InChI is InChI=1S/C14H15NO2S/c1-2-3-10-15-12-8-4-6-11-7-5-9-13(14(11)12)18(15,16)17/h4-9H,2-3,10H2,1H3. The molecule has 0 fully saturated rings. The molecule has 0 amide bonds. The molecule has 18 heavy (non-hydrogen) atoms. The highest BCUT2D eigenvalue weighted by Gasteiger charge is 2.34. The van der Waals surface area contributed by atoms with Gasteiger partial charge in [-0.25, -0.2) is 8.42 Å². The van der Waals surface area contributed by atoms with Crippen LogP contribution in [0.5, 0.6) is 0 Å². The Balaban J connectivity index is 2.27. The molecular weight excluding hydrogens is 246 g/mol. The summed E-state index contributed by atoms with van der Waals surface area (Å²) in [7, 11) is -3.34. The van der Waals surface area contributed by atoms with Gasteiger partial charge in [-0.05, 0) is 23.9 Å². The van der Waals surface area contributed by atoms with Gasteiger partial charge in [0.25, 0.3) is 10.0 Å². The Morgan fingerprint density at radius 3 is 2.56 bits per heavy atom. The monoisotopic (exact) mass is 261 g/mol. The maximum Gasteiger partial charge on any atom is 0.265 e. The van der Waals surface area contributed by atoms with Crippen LogP contribution in [0, 0.1) is 0 Å². The van der Waals surface area contributed by atoms with Crippen LogP contribution in [0.3, 0.4) is 0 Å². The van der Waals surface area contributed by atoms with E-state index in [1.807, 2.05) is 30.3 Å². The summed E-state index contributed by atoms with van der Waals surface area (Å²) in [6.45, 7) is 2.63. The van der Waals surface area contributed by atoms with Crippen LogP contribution in [0.15, 0.2) is 41.3 Å². The van der Waals surface area contributed by atoms with Gasteiger partial charge in [0.05, 0.1) is 10.6 Å². The normalized spacial score (nSPS) is 16.4. The van der Waals surface area contributed by atoms with Crippen LogP contribution < -0.4 is 4.31 Å². The molecule has 0 aromatic heterocycles. The summed E-state index contributed by atoms with van der Waals surface area (Å²) < 4.78 is 26.5. The summed E-state index contributed by atoms with van der Waals surface area (Å²) in [4.78, 5) is 0.451. The van der Waals surface area contributed by atoms with Gasteiger partial charge in [0.2, 0.25) is 0 Å². The molecule has 2 aromatic rings. The van der Waals surface area contributed by atoms with Crippen molar-refractivity contribution in [2.24, 2.45) is 0 Å². The Labute approximate surface area is 107 Å². The molecule has 0 radical (unpaired) electrons. The molecule has 2 aromatic carbocycles. The summed E-state index contributed by atoms with van der Waals surface area (Å²) in [5.74, 6) is 0. The lowest BCUT2D eigenvalue weighted by atomic mass is 10.1. The fourth-order valence-electron chi connectivity index (χ4n) is 2.50. The average molecular weight is 261 g/mol. The van der Waals surface area contributed by atoms with Crippen molar-refractivity contribution < 1.29 is 8.42 Å². The van der Waals surface area contributed by atoms with Crippen molar-refractivity contribution >= 4 is 26.5 Å². The van der Waals surface area contributed by atoms with Crippen molar-refractivity contribution in [3.63, 3.8) is 0 Å². The molecular formula is C14H15NO2S. The maximum absolute atomic E-state index is 12.5. The first kappa shape index (κ1) is 11.5. The molecule has 0 aliphatic carbocycles. The van der Waals surface area contributed by atoms with Crippen molar-refractivity contribution in [3.8, 4) is 0 Å². The van der Waals surface area contributed by atoms with Gasteiger partial charge < -0.3 is 0 Å². The minimum atomic E-state index is -3.34. The quantitative estimate of drug-likeness (QED) is 0.851. The van der Waals surface area contributed by atoms with Crippen molar-refractivity contribution in [3.05, 3.63) is 36.4 Å². The predicted octanol–water partition coefficient (Wildman–Crippen LogP) is 3.15. The molecule has 1 aliphatic rings. The fraction of sp³-hybridized carbons (Fsp3) is 0.286. The highest BCUT2D eigenvalue weighted by Crippen LogP contribution is 2.41. The first-order chi connectivity index (χ1) is 8.66. The molecule has 0 spiro atoms. The first-order valence-corrected chi connectivity index (χ1v) is 7.65. The van der Waals surface area contributed by atoms with E-state index in [1.54, 1.807) is 10.4 Å². The number of hydrogen-bond donors (Lipinski definition) is 0. The first-order valence-electron chi connectivity index (χ1n) is 6.21. The molecule has 94 valence electrons. The lowest BCUT2D eigenvalue weighted by Gasteiger charge is -2.18. The zero-order valence-electron chi connectivity index (χ0n) is 10.3. The Morgan fingerprint density at radius 1 is 1.11 bits per heavy atom. The van der Waals surface area contributed by atoms with Crippen molar-refractivity contribution in [1.29, 1.82) is 0 Å². The van der Waals surface area contributed by atoms with Crippen LogP contribution in [0.4, 0.5) is 5.69 Å².